The number of rotatable bonds is 3. The maximum Gasteiger partial charge on any atom is 0.238 e. The second-order valence-electron chi connectivity index (χ2n) is 11.0. The minimum absolute atomic E-state index is 0.0887. The molecule has 0 saturated carbocycles. The van der Waals surface area contributed by atoms with Crippen LogP contribution in [0.5, 0.6) is 0 Å². The summed E-state index contributed by atoms with van der Waals surface area (Å²) in [5.41, 5.74) is 2.22. The molecule has 1 saturated heterocycles. The molecule has 1 amide bonds. The minimum atomic E-state index is -1.30. The average Bonchev–Trinajstić information content (AvgIpc) is 3.55. The van der Waals surface area contributed by atoms with Crippen molar-refractivity contribution in [1.29, 1.82) is 0 Å². The van der Waals surface area contributed by atoms with E-state index in [-0.39, 0.29) is 23.2 Å². The Kier molecular flexibility index (Phi) is 4.71. The highest BCUT2D eigenvalue weighted by atomic mass is 16.3. The van der Waals surface area contributed by atoms with Crippen LogP contribution in [0.25, 0.3) is 5.57 Å². The van der Waals surface area contributed by atoms with Gasteiger partial charge in [0.2, 0.25) is 11.7 Å². The summed E-state index contributed by atoms with van der Waals surface area (Å²) in [6, 6.07) is 17.3. The Morgan fingerprint density at radius 1 is 1.00 bits per heavy atom. The third-order valence-electron chi connectivity index (χ3n) is 7.94. The first-order valence-electron chi connectivity index (χ1n) is 12.3. The number of ketones is 2. The van der Waals surface area contributed by atoms with Crippen LogP contribution in [0.4, 0.5) is 11.4 Å². The number of benzene rings is 2. The topological polar surface area (TPSA) is 79.6 Å². The first-order valence-corrected chi connectivity index (χ1v) is 12.3. The van der Waals surface area contributed by atoms with E-state index in [1.54, 1.807) is 12.1 Å². The van der Waals surface area contributed by atoms with Crippen LogP contribution in [0.15, 0.2) is 77.4 Å². The Morgan fingerprint density at radius 2 is 1.72 bits per heavy atom. The molecule has 182 valence electrons. The summed E-state index contributed by atoms with van der Waals surface area (Å²) in [6.07, 6.45) is 3.51. The van der Waals surface area contributed by atoms with Crippen LogP contribution in [0.1, 0.15) is 49.4 Å². The number of furan rings is 1. The van der Waals surface area contributed by atoms with E-state index in [4.69, 9.17) is 4.42 Å². The summed E-state index contributed by atoms with van der Waals surface area (Å²) in [5, 5.41) is 3.04. The van der Waals surface area contributed by atoms with Gasteiger partial charge in [0.15, 0.2) is 11.5 Å². The fraction of sp³-hybridized carbons (Fsp3) is 0.300. The molecule has 1 aromatic heterocycles. The van der Waals surface area contributed by atoms with Gasteiger partial charge in [0.1, 0.15) is 11.5 Å². The van der Waals surface area contributed by atoms with Gasteiger partial charge < -0.3 is 14.6 Å². The standard InChI is InChI=1S/C30H28N2O4/c1-17-16-23-30(19-11-6-7-12-20(19)31-28(30)35)24(26(33)22-14-9-15-36-22)25(27(34)29(2,3)4)32(23)21-13-8-5-10-18(17)21/h5-16,23-25H,1-4H3,(H,31,35)/t23-,24+,25-,30+/m0/s1. The van der Waals surface area contributed by atoms with Gasteiger partial charge in [0, 0.05) is 22.4 Å². The Labute approximate surface area is 210 Å². The lowest BCUT2D eigenvalue weighted by atomic mass is 9.63. The number of nitrogens with one attached hydrogen (secondary N) is 1. The van der Waals surface area contributed by atoms with Crippen molar-refractivity contribution in [3.8, 4) is 0 Å². The largest absolute Gasteiger partial charge is 0.461 e. The summed E-state index contributed by atoms with van der Waals surface area (Å²) in [5.74, 6) is -1.53. The molecule has 6 nitrogen and oxygen atoms in total. The molecule has 3 aliphatic rings. The number of carbonyl (C=O) groups is 3. The predicted octanol–water partition coefficient (Wildman–Crippen LogP) is 5.26. The molecular formula is C30H28N2O4. The number of hydrogen-bond acceptors (Lipinski definition) is 5. The lowest BCUT2D eigenvalue weighted by molar-refractivity contribution is -0.128. The third-order valence-corrected chi connectivity index (χ3v) is 7.94. The van der Waals surface area contributed by atoms with Gasteiger partial charge in [-0.2, -0.15) is 0 Å². The van der Waals surface area contributed by atoms with Crippen LogP contribution in [-0.4, -0.2) is 29.6 Å². The maximum absolute atomic E-state index is 14.3. The highest BCUT2D eigenvalue weighted by Gasteiger charge is 2.71. The summed E-state index contributed by atoms with van der Waals surface area (Å²) >= 11 is 0. The lowest BCUT2D eigenvalue weighted by Crippen LogP contribution is -2.51. The number of allylic oxidation sites excluding steroid dienone is 1. The molecule has 3 aliphatic heterocycles. The zero-order valence-electron chi connectivity index (χ0n) is 20.7. The van der Waals surface area contributed by atoms with Gasteiger partial charge in [0.05, 0.1) is 18.2 Å². The first-order chi connectivity index (χ1) is 17.2. The monoisotopic (exact) mass is 480 g/mol. The SMILES string of the molecule is CC1=C[C@@H]2N(c3ccccc31)[C@H](C(=O)C(C)(C)C)[C@H](C(=O)c1ccco1)[C@]21C(=O)Nc2ccccc21. The number of fused-ring (bicyclic) bond motifs is 6. The quantitative estimate of drug-likeness (QED) is 0.518. The molecule has 1 spiro atoms. The van der Waals surface area contributed by atoms with E-state index in [9.17, 15) is 14.4 Å². The van der Waals surface area contributed by atoms with Crippen molar-refractivity contribution in [2.24, 2.45) is 11.3 Å². The molecule has 4 heterocycles. The van der Waals surface area contributed by atoms with Crippen LogP contribution >= 0.6 is 0 Å². The molecule has 6 heteroatoms. The molecule has 6 rings (SSSR count). The zero-order valence-corrected chi connectivity index (χ0v) is 20.7. The second-order valence-corrected chi connectivity index (χ2v) is 11.0. The maximum atomic E-state index is 14.3. The highest BCUT2D eigenvalue weighted by Crippen LogP contribution is 2.59. The van der Waals surface area contributed by atoms with E-state index in [1.807, 2.05) is 81.1 Å². The molecule has 3 aromatic rings. The average molecular weight is 481 g/mol. The molecule has 0 unspecified atom stereocenters. The van der Waals surface area contributed by atoms with Gasteiger partial charge in [-0.1, -0.05) is 63.2 Å². The van der Waals surface area contributed by atoms with Crippen LogP contribution in [0, 0.1) is 11.3 Å². The van der Waals surface area contributed by atoms with Crippen molar-refractivity contribution in [3.63, 3.8) is 0 Å². The Hall–Kier alpha value is -3.93. The van der Waals surface area contributed by atoms with Crippen molar-refractivity contribution in [3.05, 3.63) is 89.9 Å². The van der Waals surface area contributed by atoms with Gasteiger partial charge in [-0.3, -0.25) is 14.4 Å². The first kappa shape index (κ1) is 22.5. The zero-order chi connectivity index (χ0) is 25.4. The summed E-state index contributed by atoms with van der Waals surface area (Å²) in [7, 11) is 0. The number of anilines is 2. The number of nitrogens with zero attached hydrogens (tertiary/aromatic N) is 1. The molecule has 1 N–H and O–H groups in total. The van der Waals surface area contributed by atoms with E-state index >= 15 is 0 Å². The summed E-state index contributed by atoms with van der Waals surface area (Å²) in [6.45, 7) is 7.61. The molecular weight excluding hydrogens is 452 g/mol. The second kappa shape index (κ2) is 7.53. The van der Waals surface area contributed by atoms with Crippen LogP contribution in [0.2, 0.25) is 0 Å². The van der Waals surface area contributed by atoms with Crippen molar-refractivity contribution in [2.45, 2.75) is 45.2 Å². The molecule has 0 radical (unpaired) electrons. The van der Waals surface area contributed by atoms with E-state index in [1.165, 1.54) is 6.26 Å². The normalized spacial score (nSPS) is 26.2. The van der Waals surface area contributed by atoms with Crippen molar-refractivity contribution in [2.75, 3.05) is 10.2 Å². The number of Topliss-reactive ketones (excluding diaryl/α,β-unsaturated/α-hetero) is 2. The van der Waals surface area contributed by atoms with Crippen LogP contribution in [-0.2, 0) is 15.0 Å². The molecule has 36 heavy (non-hydrogen) atoms. The number of hydrogen-bond donors (Lipinski definition) is 1. The fourth-order valence-corrected chi connectivity index (χ4v) is 6.40. The summed E-state index contributed by atoms with van der Waals surface area (Å²) < 4.78 is 5.56. The van der Waals surface area contributed by atoms with Gasteiger partial charge in [-0.25, -0.2) is 0 Å². The Morgan fingerprint density at radius 3 is 2.44 bits per heavy atom. The van der Waals surface area contributed by atoms with Crippen LogP contribution in [0.3, 0.4) is 0 Å². The van der Waals surface area contributed by atoms with Gasteiger partial charge in [-0.05, 0) is 42.3 Å². The smallest absolute Gasteiger partial charge is 0.238 e. The minimum Gasteiger partial charge on any atom is -0.461 e. The molecule has 0 aliphatic carbocycles. The lowest BCUT2D eigenvalue weighted by Gasteiger charge is -2.39. The van der Waals surface area contributed by atoms with Gasteiger partial charge in [0.25, 0.3) is 0 Å². The Balaban J connectivity index is 1.72. The number of amides is 1. The van der Waals surface area contributed by atoms with Gasteiger partial charge in [-0.15, -0.1) is 0 Å². The molecule has 2 aromatic carbocycles. The van der Waals surface area contributed by atoms with Crippen LogP contribution < -0.4 is 10.2 Å². The van der Waals surface area contributed by atoms with Gasteiger partial charge >= 0.3 is 0 Å². The third kappa shape index (κ3) is 2.81. The Bertz CT molecular complexity index is 1450. The van der Waals surface area contributed by atoms with Crippen molar-refractivity contribution in [1.82, 2.24) is 0 Å². The number of carbonyl (C=O) groups excluding carboxylic acids is 3. The number of para-hydroxylation sites is 2. The highest BCUT2D eigenvalue weighted by molar-refractivity contribution is 6.16. The van der Waals surface area contributed by atoms with E-state index < -0.39 is 28.8 Å². The molecule has 1 fully saturated rings. The van der Waals surface area contributed by atoms with Crippen molar-refractivity contribution >= 4 is 34.4 Å². The van der Waals surface area contributed by atoms with E-state index in [2.05, 4.69) is 11.4 Å². The molecule has 4 atom stereocenters. The summed E-state index contributed by atoms with van der Waals surface area (Å²) in [4.78, 5) is 44.8. The van der Waals surface area contributed by atoms with E-state index in [0.29, 0.717) is 5.69 Å². The van der Waals surface area contributed by atoms with E-state index in [0.717, 1.165) is 22.4 Å². The molecule has 0 bridgehead atoms. The van der Waals surface area contributed by atoms with Crippen molar-refractivity contribution < 1.29 is 18.8 Å². The predicted molar refractivity (Wildman–Crippen MR) is 138 cm³/mol. The fourth-order valence-electron chi connectivity index (χ4n) is 6.40.